The first-order chi connectivity index (χ1) is 13.1. The lowest BCUT2D eigenvalue weighted by Gasteiger charge is -2.27. The van der Waals surface area contributed by atoms with Crippen LogP contribution in [-0.4, -0.2) is 11.8 Å². The Kier molecular flexibility index (Phi) is 6.64. The van der Waals surface area contributed by atoms with Gasteiger partial charge >= 0.3 is 0 Å². The van der Waals surface area contributed by atoms with Crippen LogP contribution in [0.3, 0.4) is 0 Å². The normalized spacial score (nSPS) is 19.3. The van der Waals surface area contributed by atoms with Crippen molar-refractivity contribution in [1.29, 1.82) is 0 Å². The fourth-order valence-corrected chi connectivity index (χ4v) is 3.68. The summed E-state index contributed by atoms with van der Waals surface area (Å²) in [5, 5.41) is 6.09. The van der Waals surface area contributed by atoms with E-state index in [2.05, 4.69) is 23.6 Å². The number of carbonyl (C=O) groups excluding carboxylic acids is 2. The van der Waals surface area contributed by atoms with Gasteiger partial charge in [0, 0.05) is 24.9 Å². The molecule has 1 fully saturated rings. The molecule has 0 unspecified atom stereocenters. The molecule has 2 aromatic carbocycles. The number of nitrogens with one attached hydrogen (secondary N) is 2. The van der Waals surface area contributed by atoms with Crippen LogP contribution in [0.25, 0.3) is 0 Å². The van der Waals surface area contributed by atoms with E-state index in [1.807, 2.05) is 48.5 Å². The van der Waals surface area contributed by atoms with Crippen LogP contribution in [0.4, 0.5) is 0 Å². The second kappa shape index (κ2) is 9.36. The molecule has 1 aliphatic carbocycles. The monoisotopic (exact) mass is 364 g/mol. The number of hydrogen-bond donors (Lipinski definition) is 2. The van der Waals surface area contributed by atoms with Crippen molar-refractivity contribution in [3.63, 3.8) is 0 Å². The summed E-state index contributed by atoms with van der Waals surface area (Å²) in [6.07, 6.45) is 3.12. The van der Waals surface area contributed by atoms with Crippen molar-refractivity contribution in [3.8, 4) is 0 Å². The van der Waals surface area contributed by atoms with Gasteiger partial charge in [-0.25, -0.2) is 0 Å². The van der Waals surface area contributed by atoms with Crippen molar-refractivity contribution in [2.24, 2.45) is 11.8 Å². The Labute approximate surface area is 161 Å². The van der Waals surface area contributed by atoms with E-state index < -0.39 is 0 Å². The zero-order valence-corrected chi connectivity index (χ0v) is 15.9. The van der Waals surface area contributed by atoms with Crippen LogP contribution in [0.1, 0.15) is 42.4 Å². The molecular formula is C23H28N2O2. The van der Waals surface area contributed by atoms with Crippen LogP contribution >= 0.6 is 0 Å². The number of aryl methyl sites for hydroxylation is 1. The highest BCUT2D eigenvalue weighted by atomic mass is 16.2. The first-order valence-electron chi connectivity index (χ1n) is 9.77. The van der Waals surface area contributed by atoms with Crippen LogP contribution < -0.4 is 10.6 Å². The molecule has 2 amide bonds. The molecular weight excluding hydrogens is 336 g/mol. The molecule has 2 aromatic rings. The average molecular weight is 364 g/mol. The van der Waals surface area contributed by atoms with Crippen LogP contribution in [0, 0.1) is 18.8 Å². The molecule has 0 saturated heterocycles. The fraction of sp³-hybridized carbons (Fsp3) is 0.391. The van der Waals surface area contributed by atoms with Crippen LogP contribution in [0.15, 0.2) is 54.6 Å². The van der Waals surface area contributed by atoms with E-state index in [0.29, 0.717) is 13.1 Å². The molecule has 0 heterocycles. The second-order valence-electron chi connectivity index (χ2n) is 7.40. The maximum absolute atomic E-state index is 12.5. The van der Waals surface area contributed by atoms with Gasteiger partial charge in [-0.05, 0) is 49.3 Å². The molecule has 0 radical (unpaired) electrons. The minimum Gasteiger partial charge on any atom is -0.352 e. The van der Waals surface area contributed by atoms with Gasteiger partial charge in [0.1, 0.15) is 0 Å². The first kappa shape index (κ1) is 19.2. The molecule has 0 atom stereocenters. The smallest absolute Gasteiger partial charge is 0.223 e. The molecule has 0 aliphatic heterocycles. The quantitative estimate of drug-likeness (QED) is 0.820. The lowest BCUT2D eigenvalue weighted by molar-refractivity contribution is -0.130. The summed E-state index contributed by atoms with van der Waals surface area (Å²) in [7, 11) is 0. The van der Waals surface area contributed by atoms with Crippen molar-refractivity contribution in [3.05, 3.63) is 71.3 Å². The summed E-state index contributed by atoms with van der Waals surface area (Å²) in [5.74, 6) is 0.264. The Morgan fingerprint density at radius 1 is 0.778 bits per heavy atom. The molecule has 0 aromatic heterocycles. The fourth-order valence-electron chi connectivity index (χ4n) is 3.68. The Balaban J connectivity index is 1.40. The largest absolute Gasteiger partial charge is 0.352 e. The third-order valence-electron chi connectivity index (χ3n) is 5.49. The van der Waals surface area contributed by atoms with Gasteiger partial charge in [-0.15, -0.1) is 0 Å². The van der Waals surface area contributed by atoms with Gasteiger partial charge in [-0.1, -0.05) is 54.6 Å². The van der Waals surface area contributed by atoms with Crippen molar-refractivity contribution in [2.45, 2.75) is 45.7 Å². The summed E-state index contributed by atoms with van der Waals surface area (Å²) in [4.78, 5) is 24.8. The van der Waals surface area contributed by atoms with Crippen molar-refractivity contribution >= 4 is 11.8 Å². The summed E-state index contributed by atoms with van der Waals surface area (Å²) in [5.41, 5.74) is 3.45. The predicted octanol–water partition coefficient (Wildman–Crippen LogP) is 3.73. The van der Waals surface area contributed by atoms with Gasteiger partial charge < -0.3 is 10.6 Å². The van der Waals surface area contributed by atoms with E-state index in [1.54, 1.807) is 0 Å². The molecule has 0 spiro atoms. The second-order valence-corrected chi connectivity index (χ2v) is 7.40. The van der Waals surface area contributed by atoms with Gasteiger partial charge in [-0.3, -0.25) is 9.59 Å². The molecule has 4 heteroatoms. The van der Waals surface area contributed by atoms with Crippen LogP contribution in [0.5, 0.6) is 0 Å². The Morgan fingerprint density at radius 3 is 1.89 bits per heavy atom. The number of rotatable bonds is 6. The van der Waals surface area contributed by atoms with Gasteiger partial charge in [-0.2, -0.15) is 0 Å². The van der Waals surface area contributed by atoms with Crippen molar-refractivity contribution in [1.82, 2.24) is 10.6 Å². The Morgan fingerprint density at radius 2 is 1.30 bits per heavy atom. The van der Waals surface area contributed by atoms with Crippen molar-refractivity contribution < 1.29 is 9.59 Å². The Bertz CT molecular complexity index is 765. The topological polar surface area (TPSA) is 58.2 Å². The molecule has 1 aliphatic rings. The number of benzene rings is 2. The molecule has 1 saturated carbocycles. The van der Waals surface area contributed by atoms with Gasteiger partial charge in [0.15, 0.2) is 0 Å². The molecule has 0 bridgehead atoms. The standard InChI is InChI=1S/C23H28N2O2/c1-17-7-5-6-10-21(17)16-25-23(27)20-13-11-19(12-14-20)22(26)24-15-18-8-3-2-4-9-18/h2-10,19-20H,11-16H2,1H3,(H,24,26)(H,25,27). The maximum Gasteiger partial charge on any atom is 0.223 e. The van der Waals surface area contributed by atoms with Crippen molar-refractivity contribution in [2.75, 3.05) is 0 Å². The zero-order chi connectivity index (χ0) is 19.1. The molecule has 3 rings (SSSR count). The molecule has 2 N–H and O–H groups in total. The average Bonchev–Trinajstić information content (AvgIpc) is 2.72. The summed E-state index contributed by atoms with van der Waals surface area (Å²) < 4.78 is 0. The predicted molar refractivity (Wildman–Crippen MR) is 107 cm³/mol. The summed E-state index contributed by atoms with van der Waals surface area (Å²) in [6, 6.07) is 18.0. The van der Waals surface area contributed by atoms with E-state index in [-0.39, 0.29) is 23.7 Å². The zero-order valence-electron chi connectivity index (χ0n) is 15.9. The lowest BCUT2D eigenvalue weighted by Crippen LogP contribution is -2.37. The van der Waals surface area contributed by atoms with E-state index in [9.17, 15) is 9.59 Å². The number of amides is 2. The third kappa shape index (κ3) is 5.43. The minimum absolute atomic E-state index is 0.0205. The SMILES string of the molecule is Cc1ccccc1CNC(=O)C1CCC(C(=O)NCc2ccccc2)CC1. The van der Waals surface area contributed by atoms with Crippen LogP contribution in [-0.2, 0) is 22.7 Å². The highest BCUT2D eigenvalue weighted by molar-refractivity contribution is 5.81. The summed E-state index contributed by atoms with van der Waals surface area (Å²) in [6.45, 7) is 3.19. The molecule has 142 valence electrons. The molecule has 4 nitrogen and oxygen atoms in total. The number of hydrogen-bond acceptors (Lipinski definition) is 2. The molecule has 27 heavy (non-hydrogen) atoms. The van der Waals surface area contributed by atoms with E-state index in [1.165, 1.54) is 5.56 Å². The van der Waals surface area contributed by atoms with E-state index >= 15 is 0 Å². The highest BCUT2D eigenvalue weighted by Crippen LogP contribution is 2.29. The highest BCUT2D eigenvalue weighted by Gasteiger charge is 2.29. The van der Waals surface area contributed by atoms with Gasteiger partial charge in [0.05, 0.1) is 0 Å². The third-order valence-corrected chi connectivity index (χ3v) is 5.49. The maximum atomic E-state index is 12.5. The minimum atomic E-state index is 0.0205. The number of carbonyl (C=O) groups is 2. The lowest BCUT2D eigenvalue weighted by atomic mass is 9.81. The summed E-state index contributed by atoms with van der Waals surface area (Å²) >= 11 is 0. The first-order valence-corrected chi connectivity index (χ1v) is 9.77. The van der Waals surface area contributed by atoms with E-state index in [4.69, 9.17) is 0 Å². The van der Waals surface area contributed by atoms with E-state index in [0.717, 1.165) is 36.8 Å². The Hall–Kier alpha value is -2.62. The van der Waals surface area contributed by atoms with Gasteiger partial charge in [0.25, 0.3) is 0 Å². The van der Waals surface area contributed by atoms with Gasteiger partial charge in [0.2, 0.25) is 11.8 Å². The van der Waals surface area contributed by atoms with Crippen LogP contribution in [0.2, 0.25) is 0 Å².